The summed E-state index contributed by atoms with van der Waals surface area (Å²) in [5.41, 5.74) is -3.18. The molecule has 0 aliphatic carbocycles. The molecule has 0 fully saturated rings. The first-order valence-corrected chi connectivity index (χ1v) is 6.14. The van der Waals surface area contributed by atoms with Crippen molar-refractivity contribution in [3.63, 3.8) is 0 Å². The fraction of sp³-hybridized carbons (Fsp3) is 0. The summed E-state index contributed by atoms with van der Waals surface area (Å²) >= 11 is 0. The summed E-state index contributed by atoms with van der Waals surface area (Å²) in [5.74, 6) is -17.4. The van der Waals surface area contributed by atoms with E-state index in [1.165, 1.54) is 23.7 Å². The van der Waals surface area contributed by atoms with Crippen LogP contribution in [0.25, 0.3) is 0 Å². The van der Waals surface area contributed by atoms with Crippen molar-refractivity contribution < 1.29 is 43.9 Å². The molecule has 0 radical (unpaired) electrons. The lowest BCUT2D eigenvalue weighted by molar-refractivity contribution is 0.376. The molecule has 0 atom stereocenters. The van der Waals surface area contributed by atoms with Crippen LogP contribution in [0, 0.1) is 81.9 Å². The van der Waals surface area contributed by atoms with E-state index in [4.69, 9.17) is 0 Å². The molecule has 134 valence electrons. The molecule has 0 aliphatic heterocycles. The Hall–Kier alpha value is -3.14. The molecule has 0 aromatic heterocycles. The molecule has 0 bridgehead atoms. The quantitative estimate of drug-likeness (QED) is 0.273. The van der Waals surface area contributed by atoms with E-state index in [0.29, 0.717) is 0 Å². The second-order valence-corrected chi connectivity index (χ2v) is 4.39. The summed E-state index contributed by atoms with van der Waals surface area (Å²) in [6, 6.07) is 0. The minimum absolute atomic E-state index is 1.41. The maximum atomic E-state index is 13.3. The van der Waals surface area contributed by atoms with Gasteiger partial charge in [-0.05, 0) is 23.7 Å². The molecule has 0 N–H and O–H groups in total. The number of hydrogen-bond acceptors (Lipinski definition) is 0. The number of hydrogen-bond donors (Lipinski definition) is 0. The van der Waals surface area contributed by atoms with E-state index in [1.54, 1.807) is 0 Å². The molecule has 0 saturated carbocycles. The SMILES string of the molecule is Fc1c(F)c(F)c(C#CC#Cc2c(F)c(F)c(F)c(F)c2F)c(F)c1F. The van der Waals surface area contributed by atoms with Gasteiger partial charge in [0.25, 0.3) is 0 Å². The van der Waals surface area contributed by atoms with E-state index in [0.717, 1.165) is 0 Å². The monoisotopic (exact) mass is 382 g/mol. The first kappa shape index (κ1) is 19.2. The van der Waals surface area contributed by atoms with E-state index in [2.05, 4.69) is 0 Å². The smallest absolute Gasteiger partial charge is 0.200 e. The van der Waals surface area contributed by atoms with Crippen LogP contribution in [0.4, 0.5) is 43.9 Å². The van der Waals surface area contributed by atoms with Gasteiger partial charge in [0.15, 0.2) is 46.5 Å². The fourth-order valence-corrected chi connectivity index (χ4v) is 1.62. The van der Waals surface area contributed by atoms with Gasteiger partial charge >= 0.3 is 0 Å². The van der Waals surface area contributed by atoms with Crippen molar-refractivity contribution in [2.24, 2.45) is 0 Å². The predicted molar refractivity (Wildman–Crippen MR) is 66.2 cm³/mol. The molecule has 2 aromatic rings. The van der Waals surface area contributed by atoms with E-state index in [1.807, 2.05) is 0 Å². The standard InChI is InChI=1S/C16F10/c17-7-5(8(18)12(22)15(25)11(7)21)3-1-2-4-6-9(19)13(23)16(26)14(24)10(6)20. The molecule has 2 aromatic carbocycles. The van der Waals surface area contributed by atoms with E-state index in [-0.39, 0.29) is 0 Å². The zero-order chi connectivity index (χ0) is 19.8. The summed E-state index contributed by atoms with van der Waals surface area (Å²) in [7, 11) is 0. The van der Waals surface area contributed by atoms with Crippen LogP contribution >= 0.6 is 0 Å². The van der Waals surface area contributed by atoms with Crippen molar-refractivity contribution in [2.45, 2.75) is 0 Å². The normalized spacial score (nSPS) is 10.1. The Morgan fingerprint density at radius 1 is 0.308 bits per heavy atom. The molecule has 0 spiro atoms. The molecule has 0 nitrogen and oxygen atoms in total. The van der Waals surface area contributed by atoms with Crippen molar-refractivity contribution in [1.82, 2.24) is 0 Å². The third-order valence-electron chi connectivity index (χ3n) is 2.86. The first-order valence-electron chi connectivity index (χ1n) is 6.14. The Balaban J connectivity index is 2.54. The Morgan fingerprint density at radius 3 is 0.731 bits per heavy atom. The highest BCUT2D eigenvalue weighted by Crippen LogP contribution is 2.23. The van der Waals surface area contributed by atoms with Crippen LogP contribution < -0.4 is 0 Å². The summed E-state index contributed by atoms with van der Waals surface area (Å²) in [6.45, 7) is 0. The zero-order valence-electron chi connectivity index (χ0n) is 11.8. The van der Waals surface area contributed by atoms with Crippen LogP contribution in [0.1, 0.15) is 11.1 Å². The molecular formula is C16F10. The lowest BCUT2D eigenvalue weighted by Crippen LogP contribution is -2.04. The predicted octanol–water partition coefficient (Wildman–Crippen LogP) is 4.48. The summed E-state index contributed by atoms with van der Waals surface area (Å²) in [5, 5.41) is 0. The highest BCUT2D eigenvalue weighted by Gasteiger charge is 2.25. The van der Waals surface area contributed by atoms with Gasteiger partial charge in [0.2, 0.25) is 11.6 Å². The summed E-state index contributed by atoms with van der Waals surface area (Å²) < 4.78 is 131. The number of halogens is 10. The van der Waals surface area contributed by atoms with Crippen LogP contribution in [0.15, 0.2) is 0 Å². The zero-order valence-corrected chi connectivity index (χ0v) is 11.8. The van der Waals surface area contributed by atoms with Crippen molar-refractivity contribution in [3.8, 4) is 23.7 Å². The largest absolute Gasteiger partial charge is 0.202 e. The van der Waals surface area contributed by atoms with Gasteiger partial charge in [0.05, 0.1) is 0 Å². The van der Waals surface area contributed by atoms with Gasteiger partial charge in [-0.2, -0.15) is 0 Å². The molecule has 0 heterocycles. The van der Waals surface area contributed by atoms with Gasteiger partial charge in [-0.3, -0.25) is 0 Å². The maximum Gasteiger partial charge on any atom is 0.200 e. The average molecular weight is 382 g/mol. The van der Waals surface area contributed by atoms with Crippen molar-refractivity contribution >= 4 is 0 Å². The van der Waals surface area contributed by atoms with E-state index < -0.39 is 69.3 Å². The lowest BCUT2D eigenvalue weighted by atomic mass is 10.1. The first-order chi connectivity index (χ1) is 12.1. The Bertz CT molecular complexity index is 904. The molecule has 10 heteroatoms. The average Bonchev–Trinajstić information content (AvgIpc) is 2.63. The van der Waals surface area contributed by atoms with Gasteiger partial charge in [-0.15, -0.1) is 0 Å². The van der Waals surface area contributed by atoms with Crippen LogP contribution in [0.5, 0.6) is 0 Å². The molecule has 2 rings (SSSR count). The highest BCUT2D eigenvalue weighted by molar-refractivity contribution is 5.47. The van der Waals surface area contributed by atoms with E-state index >= 15 is 0 Å². The fourth-order valence-electron chi connectivity index (χ4n) is 1.62. The molecule has 0 amide bonds. The van der Waals surface area contributed by atoms with Crippen LogP contribution in [0.3, 0.4) is 0 Å². The second-order valence-electron chi connectivity index (χ2n) is 4.39. The van der Waals surface area contributed by atoms with Gasteiger partial charge in [0.1, 0.15) is 11.1 Å². The lowest BCUT2D eigenvalue weighted by Gasteiger charge is -2.02. The summed E-state index contributed by atoms with van der Waals surface area (Å²) in [6.07, 6.45) is 0. The minimum Gasteiger partial charge on any atom is -0.202 e. The maximum absolute atomic E-state index is 13.3. The van der Waals surface area contributed by atoms with Crippen molar-refractivity contribution in [3.05, 3.63) is 69.3 Å². The third kappa shape index (κ3) is 3.06. The van der Waals surface area contributed by atoms with Gasteiger partial charge < -0.3 is 0 Å². The summed E-state index contributed by atoms with van der Waals surface area (Å²) in [4.78, 5) is 0. The van der Waals surface area contributed by atoms with Crippen molar-refractivity contribution in [1.29, 1.82) is 0 Å². The third-order valence-corrected chi connectivity index (χ3v) is 2.86. The molecule has 0 saturated heterocycles. The van der Waals surface area contributed by atoms with E-state index in [9.17, 15) is 43.9 Å². The van der Waals surface area contributed by atoms with Gasteiger partial charge in [-0.25, -0.2) is 43.9 Å². The second kappa shape index (κ2) is 7.00. The number of benzene rings is 2. The van der Waals surface area contributed by atoms with Crippen LogP contribution in [0.2, 0.25) is 0 Å². The topological polar surface area (TPSA) is 0 Å². The Morgan fingerprint density at radius 2 is 0.500 bits per heavy atom. The van der Waals surface area contributed by atoms with Crippen LogP contribution in [-0.2, 0) is 0 Å². The van der Waals surface area contributed by atoms with Gasteiger partial charge in [-0.1, -0.05) is 0 Å². The highest BCUT2D eigenvalue weighted by atomic mass is 19.2. The van der Waals surface area contributed by atoms with Crippen molar-refractivity contribution in [2.75, 3.05) is 0 Å². The Kier molecular flexibility index (Phi) is 5.17. The molecule has 0 aliphatic rings. The molecule has 26 heavy (non-hydrogen) atoms. The number of rotatable bonds is 0. The molecular weight excluding hydrogens is 382 g/mol. The van der Waals surface area contributed by atoms with Gasteiger partial charge in [0, 0.05) is 0 Å². The Labute approximate surface area is 138 Å². The van der Waals surface area contributed by atoms with Crippen LogP contribution in [-0.4, -0.2) is 0 Å². The minimum atomic E-state index is -2.43. The molecule has 0 unspecified atom stereocenters.